The molecular weight excluding hydrogens is 418 g/mol. The number of aromatic nitrogens is 2. The summed E-state index contributed by atoms with van der Waals surface area (Å²) in [6.07, 6.45) is 5.01. The number of aromatic amines is 1. The molecule has 1 aromatic carbocycles. The van der Waals surface area contributed by atoms with E-state index >= 15 is 0 Å². The van der Waals surface area contributed by atoms with Gasteiger partial charge in [-0.1, -0.05) is 22.0 Å². The van der Waals surface area contributed by atoms with Crippen LogP contribution in [0.3, 0.4) is 0 Å². The zero-order chi connectivity index (χ0) is 19.6. The number of amides is 1. The second-order valence-electron chi connectivity index (χ2n) is 9.31. The molecule has 1 aliphatic heterocycles. The number of imidazole rings is 1. The lowest BCUT2D eigenvalue weighted by Crippen LogP contribution is -2.38. The smallest absolute Gasteiger partial charge is 0.411 e. The Bertz CT molecular complexity index is 946. The van der Waals surface area contributed by atoms with Crippen LogP contribution in [0.15, 0.2) is 22.7 Å². The molecule has 1 saturated carbocycles. The molecule has 3 aliphatic rings. The third kappa shape index (κ3) is 3.15. The van der Waals surface area contributed by atoms with Crippen LogP contribution >= 0.6 is 15.9 Å². The number of aryl methyl sites for hydroxylation is 2. The van der Waals surface area contributed by atoms with E-state index < -0.39 is 5.60 Å². The normalized spacial score (nSPS) is 25.6. The van der Waals surface area contributed by atoms with Crippen LogP contribution in [-0.2, 0) is 17.6 Å². The lowest BCUT2D eigenvalue weighted by Gasteiger charge is -2.29. The van der Waals surface area contributed by atoms with Gasteiger partial charge >= 0.3 is 6.09 Å². The van der Waals surface area contributed by atoms with Crippen molar-refractivity contribution in [3.63, 3.8) is 0 Å². The lowest BCUT2D eigenvalue weighted by atomic mass is 10.0. The van der Waals surface area contributed by atoms with Gasteiger partial charge in [-0.15, -0.1) is 0 Å². The molecule has 28 heavy (non-hydrogen) atoms. The molecule has 3 atom stereocenters. The van der Waals surface area contributed by atoms with Crippen molar-refractivity contribution in [2.45, 2.75) is 70.6 Å². The first-order chi connectivity index (χ1) is 13.3. The molecular formula is C22H26BrN3O2. The van der Waals surface area contributed by atoms with E-state index in [0.717, 1.165) is 48.1 Å². The Labute approximate surface area is 174 Å². The van der Waals surface area contributed by atoms with Gasteiger partial charge in [-0.2, -0.15) is 0 Å². The maximum absolute atomic E-state index is 12.9. The molecule has 1 aromatic heterocycles. The van der Waals surface area contributed by atoms with Gasteiger partial charge in [-0.05, 0) is 76.5 Å². The Morgan fingerprint density at radius 1 is 1.29 bits per heavy atom. The van der Waals surface area contributed by atoms with E-state index in [1.165, 1.54) is 16.8 Å². The van der Waals surface area contributed by atoms with Crippen molar-refractivity contribution in [1.29, 1.82) is 0 Å². The van der Waals surface area contributed by atoms with Crippen LogP contribution < -0.4 is 0 Å². The second kappa shape index (κ2) is 6.34. The molecule has 0 spiro atoms. The number of halogens is 1. The van der Waals surface area contributed by atoms with Gasteiger partial charge in [-0.25, -0.2) is 9.78 Å². The molecule has 1 saturated heterocycles. The van der Waals surface area contributed by atoms with E-state index in [4.69, 9.17) is 9.72 Å². The lowest BCUT2D eigenvalue weighted by molar-refractivity contribution is 0.0175. The highest BCUT2D eigenvalue weighted by atomic mass is 79.9. The first-order valence-corrected chi connectivity index (χ1v) is 11.0. The summed E-state index contributed by atoms with van der Waals surface area (Å²) in [6.45, 7) is 5.76. The molecule has 5 nitrogen and oxygen atoms in total. The monoisotopic (exact) mass is 443 g/mol. The fourth-order valence-electron chi connectivity index (χ4n) is 4.72. The first-order valence-electron chi connectivity index (χ1n) is 10.2. The molecule has 0 radical (unpaired) electrons. The van der Waals surface area contributed by atoms with E-state index in [-0.39, 0.29) is 12.1 Å². The molecule has 2 aliphatic carbocycles. The number of nitrogens with zero attached hydrogens (tertiary/aromatic N) is 2. The minimum atomic E-state index is -0.485. The van der Waals surface area contributed by atoms with Crippen LogP contribution in [0.2, 0.25) is 0 Å². The average Bonchev–Trinajstić information content (AvgIpc) is 3.12. The number of fused-ring (bicyclic) bond motifs is 4. The molecule has 148 valence electrons. The van der Waals surface area contributed by atoms with Crippen LogP contribution in [0.5, 0.6) is 0 Å². The molecule has 6 heteroatoms. The number of ether oxygens (including phenoxy) is 1. The summed E-state index contributed by atoms with van der Waals surface area (Å²) in [5.41, 5.74) is 4.32. The molecule has 2 aromatic rings. The minimum absolute atomic E-state index is 0.00979. The maximum atomic E-state index is 12.9. The van der Waals surface area contributed by atoms with E-state index in [0.29, 0.717) is 12.0 Å². The van der Waals surface area contributed by atoms with Gasteiger partial charge < -0.3 is 9.72 Å². The maximum Gasteiger partial charge on any atom is 0.411 e. The number of carbonyl (C=O) groups excluding carboxylic acids is 1. The molecule has 1 amide bonds. The van der Waals surface area contributed by atoms with Crippen molar-refractivity contribution in [3.05, 3.63) is 39.8 Å². The predicted molar refractivity (Wildman–Crippen MR) is 111 cm³/mol. The third-order valence-corrected chi connectivity index (χ3v) is 6.51. The van der Waals surface area contributed by atoms with Crippen LogP contribution in [0.1, 0.15) is 63.2 Å². The van der Waals surface area contributed by atoms with Crippen LogP contribution in [0, 0.1) is 5.92 Å². The van der Waals surface area contributed by atoms with Crippen molar-refractivity contribution in [1.82, 2.24) is 14.9 Å². The van der Waals surface area contributed by atoms with Gasteiger partial charge in [0.15, 0.2) is 0 Å². The Morgan fingerprint density at radius 3 is 2.89 bits per heavy atom. The summed E-state index contributed by atoms with van der Waals surface area (Å²) in [7, 11) is 0. The fourth-order valence-corrected chi connectivity index (χ4v) is 5.13. The Hall–Kier alpha value is -1.82. The fraction of sp³-hybridized carbons (Fsp3) is 0.545. The van der Waals surface area contributed by atoms with E-state index in [1.54, 1.807) is 0 Å². The largest absolute Gasteiger partial charge is 0.444 e. The molecule has 1 N–H and O–H groups in total. The SMILES string of the molecule is CC(C)(C)OC(=O)N1[C@@H]2CC2C[C@H]1c1nc2c([nH]1)CCCc1cc(Br)ccc1-2. The number of likely N-dealkylation sites (tertiary alicyclic amines) is 1. The number of benzene rings is 1. The Kier molecular flexibility index (Phi) is 4.13. The highest BCUT2D eigenvalue weighted by Crippen LogP contribution is 2.53. The van der Waals surface area contributed by atoms with Crippen molar-refractivity contribution >= 4 is 22.0 Å². The highest BCUT2D eigenvalue weighted by molar-refractivity contribution is 9.10. The van der Waals surface area contributed by atoms with Crippen LogP contribution in [0.4, 0.5) is 4.79 Å². The second-order valence-corrected chi connectivity index (χ2v) is 10.2. The van der Waals surface area contributed by atoms with Gasteiger partial charge in [0.2, 0.25) is 0 Å². The Balaban J connectivity index is 1.49. The number of carbonyl (C=O) groups is 1. The van der Waals surface area contributed by atoms with Gasteiger partial charge in [0.1, 0.15) is 11.4 Å². The Morgan fingerprint density at radius 2 is 2.11 bits per heavy atom. The standard InChI is InChI=1S/C22H26BrN3O2/c1-22(2,3)28-21(27)26-17-10-13(17)11-18(26)20-24-16-6-4-5-12-9-14(23)7-8-15(12)19(16)25-20/h7-9,13,17-18H,4-6,10-11H2,1-3H3,(H,24,25)/t13?,17-,18+/m1/s1. The summed E-state index contributed by atoms with van der Waals surface area (Å²) in [4.78, 5) is 23.4. The number of hydrogen-bond acceptors (Lipinski definition) is 3. The van der Waals surface area contributed by atoms with Gasteiger partial charge in [0.25, 0.3) is 0 Å². The van der Waals surface area contributed by atoms with Crippen molar-refractivity contribution in [2.75, 3.05) is 0 Å². The minimum Gasteiger partial charge on any atom is -0.444 e. The summed E-state index contributed by atoms with van der Waals surface area (Å²) in [5, 5.41) is 0. The van der Waals surface area contributed by atoms with E-state index in [9.17, 15) is 4.79 Å². The molecule has 1 unspecified atom stereocenters. The van der Waals surface area contributed by atoms with Crippen molar-refractivity contribution < 1.29 is 9.53 Å². The third-order valence-electron chi connectivity index (χ3n) is 6.02. The summed E-state index contributed by atoms with van der Waals surface area (Å²) < 4.78 is 6.81. The zero-order valence-electron chi connectivity index (χ0n) is 16.6. The molecule has 5 rings (SSSR count). The number of rotatable bonds is 1. The number of piperidine rings is 1. The highest BCUT2D eigenvalue weighted by Gasteiger charge is 2.56. The predicted octanol–water partition coefficient (Wildman–Crippen LogP) is 5.40. The van der Waals surface area contributed by atoms with Crippen LogP contribution in [-0.4, -0.2) is 32.6 Å². The summed E-state index contributed by atoms with van der Waals surface area (Å²) in [6, 6.07) is 6.75. The zero-order valence-corrected chi connectivity index (χ0v) is 18.2. The quantitative estimate of drug-likeness (QED) is 0.641. The molecule has 2 heterocycles. The first kappa shape index (κ1) is 18.2. The van der Waals surface area contributed by atoms with E-state index in [2.05, 4.69) is 39.1 Å². The molecule has 0 bridgehead atoms. The van der Waals surface area contributed by atoms with Gasteiger partial charge in [0.05, 0.1) is 11.7 Å². The number of hydrogen-bond donors (Lipinski definition) is 1. The average molecular weight is 444 g/mol. The molecule has 2 fully saturated rings. The number of nitrogens with one attached hydrogen (secondary N) is 1. The number of H-pyrrole nitrogens is 1. The topological polar surface area (TPSA) is 58.2 Å². The van der Waals surface area contributed by atoms with Gasteiger partial charge in [0, 0.05) is 21.8 Å². The van der Waals surface area contributed by atoms with Crippen molar-refractivity contribution in [2.24, 2.45) is 5.92 Å². The van der Waals surface area contributed by atoms with Gasteiger partial charge in [-0.3, -0.25) is 4.90 Å². The van der Waals surface area contributed by atoms with Crippen molar-refractivity contribution in [3.8, 4) is 11.3 Å². The van der Waals surface area contributed by atoms with E-state index in [1.807, 2.05) is 25.7 Å². The summed E-state index contributed by atoms with van der Waals surface area (Å²) in [5.74, 6) is 1.50. The van der Waals surface area contributed by atoms with Crippen LogP contribution in [0.25, 0.3) is 11.3 Å². The summed E-state index contributed by atoms with van der Waals surface area (Å²) >= 11 is 3.59.